The molecule has 0 saturated heterocycles. The van der Waals surface area contributed by atoms with Crippen molar-refractivity contribution in [2.24, 2.45) is 0 Å². The minimum Gasteiger partial charge on any atom is -0.486 e. The van der Waals surface area contributed by atoms with Gasteiger partial charge in [0, 0.05) is 35.5 Å². The first-order chi connectivity index (χ1) is 14.3. The molecule has 1 N–H and O–H groups in total. The molecule has 154 valence electrons. The summed E-state index contributed by atoms with van der Waals surface area (Å²) in [5.41, 5.74) is 1.92. The molecule has 0 unspecified atom stereocenters. The van der Waals surface area contributed by atoms with Gasteiger partial charge in [0.15, 0.2) is 0 Å². The van der Waals surface area contributed by atoms with Crippen LogP contribution in [0.25, 0.3) is 11.1 Å². The Kier molecular flexibility index (Phi) is 5.34. The molecule has 0 spiro atoms. The highest BCUT2D eigenvalue weighted by Crippen LogP contribution is 2.39. The molecule has 9 heteroatoms. The number of halogens is 4. The van der Waals surface area contributed by atoms with Crippen LogP contribution < -0.4 is 10.1 Å². The van der Waals surface area contributed by atoms with E-state index in [4.69, 9.17) is 16.3 Å². The van der Waals surface area contributed by atoms with E-state index in [9.17, 15) is 18.0 Å². The SMILES string of the molecule is O=C(NC[C@H]1Cc2cc(-c3cncnc3)cc(Cl)c2O1)c1ccc(C(F)(F)F)cc1. The number of rotatable bonds is 4. The molecule has 2 heterocycles. The van der Waals surface area contributed by atoms with Crippen molar-refractivity contribution in [1.82, 2.24) is 15.3 Å². The Morgan fingerprint density at radius 3 is 2.50 bits per heavy atom. The number of hydrogen-bond donors (Lipinski definition) is 1. The first-order valence-electron chi connectivity index (χ1n) is 9.01. The van der Waals surface area contributed by atoms with E-state index in [0.717, 1.165) is 41.0 Å². The molecule has 0 radical (unpaired) electrons. The topological polar surface area (TPSA) is 64.1 Å². The molecule has 0 bridgehead atoms. The van der Waals surface area contributed by atoms with E-state index in [1.54, 1.807) is 18.5 Å². The number of amides is 1. The molecule has 1 aliphatic heterocycles. The Morgan fingerprint density at radius 2 is 1.83 bits per heavy atom. The minimum absolute atomic E-state index is 0.142. The lowest BCUT2D eigenvalue weighted by atomic mass is 10.0. The van der Waals surface area contributed by atoms with Crippen LogP contribution in [0.15, 0.2) is 55.1 Å². The first-order valence-corrected chi connectivity index (χ1v) is 9.39. The van der Waals surface area contributed by atoms with Crippen molar-refractivity contribution < 1.29 is 22.7 Å². The van der Waals surface area contributed by atoms with E-state index >= 15 is 0 Å². The highest BCUT2D eigenvalue weighted by Gasteiger charge is 2.30. The zero-order valence-corrected chi connectivity index (χ0v) is 16.2. The van der Waals surface area contributed by atoms with Crippen LogP contribution in [-0.2, 0) is 12.6 Å². The third kappa shape index (κ3) is 4.23. The van der Waals surface area contributed by atoms with Crippen molar-refractivity contribution in [3.63, 3.8) is 0 Å². The average Bonchev–Trinajstić information content (AvgIpc) is 3.16. The third-order valence-corrected chi connectivity index (χ3v) is 4.99. The van der Waals surface area contributed by atoms with Crippen LogP contribution in [0.2, 0.25) is 5.02 Å². The molecule has 0 aliphatic carbocycles. The number of fused-ring (bicyclic) bond motifs is 1. The van der Waals surface area contributed by atoms with Crippen LogP contribution in [0, 0.1) is 0 Å². The van der Waals surface area contributed by atoms with Crippen molar-refractivity contribution in [3.05, 3.63) is 76.8 Å². The van der Waals surface area contributed by atoms with Gasteiger partial charge in [-0.2, -0.15) is 13.2 Å². The molecule has 2 aromatic carbocycles. The van der Waals surface area contributed by atoms with Crippen LogP contribution in [0.1, 0.15) is 21.5 Å². The molecule has 0 fully saturated rings. The Balaban J connectivity index is 1.40. The number of benzene rings is 2. The van der Waals surface area contributed by atoms with E-state index in [0.29, 0.717) is 17.2 Å². The van der Waals surface area contributed by atoms with Gasteiger partial charge in [0.1, 0.15) is 18.2 Å². The highest BCUT2D eigenvalue weighted by molar-refractivity contribution is 6.32. The monoisotopic (exact) mass is 433 g/mol. The fourth-order valence-electron chi connectivity index (χ4n) is 3.24. The number of nitrogens with zero attached hydrogens (tertiary/aromatic N) is 2. The summed E-state index contributed by atoms with van der Waals surface area (Å²) in [7, 11) is 0. The van der Waals surface area contributed by atoms with Crippen molar-refractivity contribution in [2.45, 2.75) is 18.7 Å². The summed E-state index contributed by atoms with van der Waals surface area (Å²) in [5.74, 6) is 0.0857. The fourth-order valence-corrected chi connectivity index (χ4v) is 3.52. The Morgan fingerprint density at radius 1 is 1.13 bits per heavy atom. The van der Waals surface area contributed by atoms with Gasteiger partial charge in [-0.15, -0.1) is 0 Å². The summed E-state index contributed by atoms with van der Waals surface area (Å²) < 4.78 is 43.8. The smallest absolute Gasteiger partial charge is 0.416 e. The van der Waals surface area contributed by atoms with Crippen LogP contribution in [-0.4, -0.2) is 28.5 Å². The maximum absolute atomic E-state index is 12.6. The number of nitrogens with one attached hydrogen (secondary N) is 1. The van der Waals surface area contributed by atoms with Gasteiger partial charge in [-0.25, -0.2) is 9.97 Å². The molecule has 1 amide bonds. The molecule has 30 heavy (non-hydrogen) atoms. The minimum atomic E-state index is -4.44. The molecular formula is C21H15ClF3N3O2. The van der Waals surface area contributed by atoms with Gasteiger partial charge in [-0.05, 0) is 42.0 Å². The fraction of sp³-hybridized carbons (Fsp3) is 0.190. The van der Waals surface area contributed by atoms with Gasteiger partial charge in [0.25, 0.3) is 5.91 Å². The number of alkyl halides is 3. The lowest BCUT2D eigenvalue weighted by Gasteiger charge is -2.13. The molecule has 1 aromatic heterocycles. The van der Waals surface area contributed by atoms with Crippen LogP contribution in [0.4, 0.5) is 13.2 Å². The quantitative estimate of drug-likeness (QED) is 0.655. The van der Waals surface area contributed by atoms with Gasteiger partial charge in [0.05, 0.1) is 17.1 Å². The Hall–Kier alpha value is -3.13. The zero-order valence-electron chi connectivity index (χ0n) is 15.4. The number of aromatic nitrogens is 2. The Bertz CT molecular complexity index is 1070. The summed E-state index contributed by atoms with van der Waals surface area (Å²) >= 11 is 6.36. The van der Waals surface area contributed by atoms with Gasteiger partial charge >= 0.3 is 6.18 Å². The molecule has 1 aliphatic rings. The second-order valence-corrected chi connectivity index (χ2v) is 7.21. The average molecular weight is 434 g/mol. The summed E-state index contributed by atoms with van der Waals surface area (Å²) in [6.45, 7) is 0.189. The van der Waals surface area contributed by atoms with E-state index in [2.05, 4.69) is 15.3 Å². The van der Waals surface area contributed by atoms with Gasteiger partial charge < -0.3 is 10.1 Å². The maximum atomic E-state index is 12.6. The van der Waals surface area contributed by atoms with E-state index < -0.39 is 17.6 Å². The van der Waals surface area contributed by atoms with E-state index in [1.807, 2.05) is 6.07 Å². The molecule has 0 saturated carbocycles. The number of carbonyl (C=O) groups excluding carboxylic acids is 1. The summed E-state index contributed by atoms with van der Waals surface area (Å²) in [6.07, 6.45) is 0.562. The zero-order chi connectivity index (χ0) is 21.3. The predicted octanol–water partition coefficient (Wildman–Crippen LogP) is 4.55. The first kappa shape index (κ1) is 20.2. The summed E-state index contributed by atoms with van der Waals surface area (Å²) in [6, 6.07) is 7.76. The summed E-state index contributed by atoms with van der Waals surface area (Å²) in [5, 5.41) is 3.14. The van der Waals surface area contributed by atoms with Crippen molar-refractivity contribution in [3.8, 4) is 16.9 Å². The highest BCUT2D eigenvalue weighted by atomic mass is 35.5. The standard InChI is InChI=1S/C21H15ClF3N3O2/c22-18-7-13(15-8-26-11-27-9-15)5-14-6-17(30-19(14)18)10-28-20(29)12-1-3-16(4-2-12)21(23,24)25/h1-5,7-9,11,17H,6,10H2,(H,28,29)/t17-/m1/s1. The van der Waals surface area contributed by atoms with E-state index in [-0.39, 0.29) is 18.2 Å². The maximum Gasteiger partial charge on any atom is 0.416 e. The van der Waals surface area contributed by atoms with Gasteiger partial charge in [0.2, 0.25) is 0 Å². The summed E-state index contributed by atoms with van der Waals surface area (Å²) in [4.78, 5) is 20.3. The molecule has 4 rings (SSSR count). The van der Waals surface area contributed by atoms with Crippen molar-refractivity contribution in [1.29, 1.82) is 0 Å². The second kappa shape index (κ2) is 7.95. The van der Waals surface area contributed by atoms with Crippen LogP contribution in [0.5, 0.6) is 5.75 Å². The molecule has 1 atom stereocenters. The normalized spacial score (nSPS) is 15.4. The Labute approximate surface area is 174 Å². The molecule has 3 aromatic rings. The number of hydrogen-bond acceptors (Lipinski definition) is 4. The third-order valence-electron chi connectivity index (χ3n) is 4.71. The number of carbonyl (C=O) groups is 1. The lowest BCUT2D eigenvalue weighted by Crippen LogP contribution is -2.34. The molecular weight excluding hydrogens is 419 g/mol. The van der Waals surface area contributed by atoms with E-state index in [1.165, 1.54) is 6.33 Å². The largest absolute Gasteiger partial charge is 0.486 e. The van der Waals surface area contributed by atoms with Crippen molar-refractivity contribution in [2.75, 3.05) is 6.54 Å². The van der Waals surface area contributed by atoms with Gasteiger partial charge in [-0.1, -0.05) is 11.6 Å². The second-order valence-electron chi connectivity index (χ2n) is 6.80. The van der Waals surface area contributed by atoms with Crippen LogP contribution in [0.3, 0.4) is 0 Å². The van der Waals surface area contributed by atoms with Crippen LogP contribution >= 0.6 is 11.6 Å². The predicted molar refractivity (Wildman–Crippen MR) is 104 cm³/mol. The van der Waals surface area contributed by atoms with Crippen molar-refractivity contribution >= 4 is 17.5 Å². The number of ether oxygens (including phenoxy) is 1. The lowest BCUT2D eigenvalue weighted by molar-refractivity contribution is -0.137. The van der Waals surface area contributed by atoms with Gasteiger partial charge in [-0.3, -0.25) is 4.79 Å². The molecule has 5 nitrogen and oxygen atoms in total.